The first-order chi connectivity index (χ1) is 8.96. The maximum absolute atomic E-state index is 11.3. The van der Waals surface area contributed by atoms with Crippen LogP contribution in [0, 0.1) is 5.92 Å². The topological polar surface area (TPSA) is 55.4 Å². The highest BCUT2D eigenvalue weighted by Gasteiger charge is 2.14. The third-order valence-corrected chi connectivity index (χ3v) is 4.07. The second-order valence-corrected chi connectivity index (χ2v) is 7.12. The summed E-state index contributed by atoms with van der Waals surface area (Å²) in [5, 5.41) is 3.13. The van der Waals surface area contributed by atoms with E-state index in [2.05, 4.69) is 5.32 Å². The standard InChI is InChI=1S/C14H23NO3S/c1-15-11-12(8-9-19(3,16)17)10-13-6-4-5-7-14(13)18-2/h4-7,12,15H,8-11H2,1-3H3. The van der Waals surface area contributed by atoms with Gasteiger partial charge >= 0.3 is 0 Å². The molecule has 0 aliphatic rings. The van der Waals surface area contributed by atoms with Gasteiger partial charge in [0, 0.05) is 6.26 Å². The Morgan fingerprint density at radius 1 is 1.32 bits per heavy atom. The van der Waals surface area contributed by atoms with Crippen molar-refractivity contribution in [1.29, 1.82) is 0 Å². The van der Waals surface area contributed by atoms with Crippen molar-refractivity contribution >= 4 is 9.84 Å². The Balaban J connectivity index is 2.72. The van der Waals surface area contributed by atoms with Crippen LogP contribution in [0.2, 0.25) is 0 Å². The number of hydrogen-bond acceptors (Lipinski definition) is 4. The lowest BCUT2D eigenvalue weighted by Crippen LogP contribution is -2.23. The fourth-order valence-electron chi connectivity index (χ4n) is 2.13. The number of nitrogens with one attached hydrogen (secondary N) is 1. The Kier molecular flexibility index (Phi) is 6.31. The van der Waals surface area contributed by atoms with Gasteiger partial charge in [-0.15, -0.1) is 0 Å². The lowest BCUT2D eigenvalue weighted by molar-refractivity contribution is 0.400. The molecule has 1 unspecified atom stereocenters. The molecule has 0 amide bonds. The molecule has 0 spiro atoms. The van der Waals surface area contributed by atoms with E-state index in [1.165, 1.54) is 6.26 Å². The molecular formula is C14H23NO3S. The van der Waals surface area contributed by atoms with Gasteiger partial charge in [0.05, 0.1) is 12.9 Å². The first kappa shape index (κ1) is 16.0. The van der Waals surface area contributed by atoms with Gasteiger partial charge < -0.3 is 10.1 Å². The molecule has 108 valence electrons. The van der Waals surface area contributed by atoms with Crippen LogP contribution < -0.4 is 10.1 Å². The van der Waals surface area contributed by atoms with Crippen LogP contribution in [0.1, 0.15) is 12.0 Å². The Labute approximate surface area is 116 Å². The van der Waals surface area contributed by atoms with E-state index in [1.807, 2.05) is 31.3 Å². The van der Waals surface area contributed by atoms with Crippen molar-refractivity contribution in [3.63, 3.8) is 0 Å². The highest BCUT2D eigenvalue weighted by molar-refractivity contribution is 7.90. The molecule has 0 heterocycles. The normalized spacial score (nSPS) is 13.2. The zero-order valence-corrected chi connectivity index (χ0v) is 12.7. The molecule has 1 aromatic rings. The van der Waals surface area contributed by atoms with Gasteiger partial charge in [0.25, 0.3) is 0 Å². The Hall–Kier alpha value is -1.07. The Bertz CT molecular complexity index is 485. The van der Waals surface area contributed by atoms with E-state index in [4.69, 9.17) is 4.74 Å². The van der Waals surface area contributed by atoms with Crippen molar-refractivity contribution < 1.29 is 13.2 Å². The van der Waals surface area contributed by atoms with Crippen molar-refractivity contribution in [3.8, 4) is 5.75 Å². The first-order valence-electron chi connectivity index (χ1n) is 6.40. The maximum atomic E-state index is 11.3. The fourth-order valence-corrected chi connectivity index (χ4v) is 2.89. The first-order valence-corrected chi connectivity index (χ1v) is 8.46. The molecule has 0 fully saturated rings. The lowest BCUT2D eigenvalue weighted by Gasteiger charge is -2.17. The monoisotopic (exact) mass is 285 g/mol. The SMILES string of the molecule is CNCC(CCS(C)(=O)=O)Cc1ccccc1OC. The molecule has 0 saturated carbocycles. The van der Waals surface area contributed by atoms with Crippen molar-refractivity contribution in [2.24, 2.45) is 5.92 Å². The van der Waals surface area contributed by atoms with Gasteiger partial charge in [-0.3, -0.25) is 0 Å². The summed E-state index contributed by atoms with van der Waals surface area (Å²) < 4.78 is 27.9. The summed E-state index contributed by atoms with van der Waals surface area (Å²) in [6, 6.07) is 7.88. The maximum Gasteiger partial charge on any atom is 0.147 e. The molecule has 1 atom stereocenters. The van der Waals surface area contributed by atoms with Crippen LogP contribution in [0.5, 0.6) is 5.75 Å². The van der Waals surface area contributed by atoms with Crippen molar-refractivity contribution in [2.75, 3.05) is 32.7 Å². The Morgan fingerprint density at radius 2 is 2.00 bits per heavy atom. The zero-order chi connectivity index (χ0) is 14.3. The molecule has 4 nitrogen and oxygen atoms in total. The fraction of sp³-hybridized carbons (Fsp3) is 0.571. The highest BCUT2D eigenvalue weighted by atomic mass is 32.2. The van der Waals surface area contributed by atoms with Crippen LogP contribution in [-0.4, -0.2) is 41.1 Å². The van der Waals surface area contributed by atoms with Gasteiger partial charge in [0.1, 0.15) is 15.6 Å². The quantitative estimate of drug-likeness (QED) is 0.786. The number of hydrogen-bond donors (Lipinski definition) is 1. The summed E-state index contributed by atoms with van der Waals surface area (Å²) in [7, 11) is 0.635. The molecule has 1 aromatic carbocycles. The van der Waals surface area contributed by atoms with Crippen molar-refractivity contribution in [1.82, 2.24) is 5.32 Å². The number of benzene rings is 1. The molecule has 0 aromatic heterocycles. The van der Waals surface area contributed by atoms with E-state index < -0.39 is 9.84 Å². The van der Waals surface area contributed by atoms with Gasteiger partial charge in [-0.1, -0.05) is 18.2 Å². The van der Waals surface area contributed by atoms with E-state index in [0.717, 1.165) is 24.3 Å². The molecule has 0 radical (unpaired) electrons. The molecule has 5 heteroatoms. The van der Waals surface area contributed by atoms with E-state index >= 15 is 0 Å². The number of ether oxygens (including phenoxy) is 1. The largest absolute Gasteiger partial charge is 0.496 e. The van der Waals surface area contributed by atoms with Crippen molar-refractivity contribution in [3.05, 3.63) is 29.8 Å². The van der Waals surface area contributed by atoms with Gasteiger partial charge in [-0.25, -0.2) is 8.42 Å². The molecule has 0 bridgehead atoms. The van der Waals surface area contributed by atoms with E-state index in [0.29, 0.717) is 6.42 Å². The Morgan fingerprint density at radius 3 is 2.58 bits per heavy atom. The molecule has 0 aliphatic heterocycles. The van der Waals surface area contributed by atoms with E-state index in [1.54, 1.807) is 7.11 Å². The van der Waals surface area contributed by atoms with E-state index in [-0.39, 0.29) is 11.7 Å². The average molecular weight is 285 g/mol. The number of methoxy groups -OCH3 is 1. The average Bonchev–Trinajstić information content (AvgIpc) is 2.36. The van der Waals surface area contributed by atoms with Gasteiger partial charge in [0.2, 0.25) is 0 Å². The van der Waals surface area contributed by atoms with Crippen LogP contribution in [0.15, 0.2) is 24.3 Å². The van der Waals surface area contributed by atoms with Crippen LogP contribution in [0.4, 0.5) is 0 Å². The van der Waals surface area contributed by atoms with Crippen LogP contribution in [0.3, 0.4) is 0 Å². The third kappa shape index (κ3) is 6.07. The number of rotatable bonds is 8. The predicted molar refractivity (Wildman–Crippen MR) is 78.4 cm³/mol. The third-order valence-electron chi connectivity index (χ3n) is 3.09. The molecule has 0 aliphatic carbocycles. The summed E-state index contributed by atoms with van der Waals surface area (Å²) in [5.41, 5.74) is 1.12. The minimum absolute atomic E-state index is 0.231. The number of sulfone groups is 1. The summed E-state index contributed by atoms with van der Waals surface area (Å²) in [6.07, 6.45) is 2.77. The second kappa shape index (κ2) is 7.50. The smallest absolute Gasteiger partial charge is 0.147 e. The van der Waals surface area contributed by atoms with E-state index in [9.17, 15) is 8.42 Å². The number of para-hydroxylation sites is 1. The molecule has 19 heavy (non-hydrogen) atoms. The van der Waals surface area contributed by atoms with Crippen LogP contribution in [-0.2, 0) is 16.3 Å². The summed E-state index contributed by atoms with van der Waals surface area (Å²) in [6.45, 7) is 0.799. The van der Waals surface area contributed by atoms with Gasteiger partial charge in [0.15, 0.2) is 0 Å². The zero-order valence-electron chi connectivity index (χ0n) is 11.8. The van der Waals surface area contributed by atoms with Crippen molar-refractivity contribution in [2.45, 2.75) is 12.8 Å². The summed E-state index contributed by atoms with van der Waals surface area (Å²) >= 11 is 0. The predicted octanol–water partition coefficient (Wildman–Crippen LogP) is 1.51. The molecule has 0 saturated heterocycles. The highest BCUT2D eigenvalue weighted by Crippen LogP contribution is 2.22. The lowest BCUT2D eigenvalue weighted by atomic mass is 9.96. The minimum Gasteiger partial charge on any atom is -0.496 e. The van der Waals surface area contributed by atoms with Crippen LogP contribution >= 0.6 is 0 Å². The minimum atomic E-state index is -2.90. The molecule has 1 N–H and O–H groups in total. The molecular weight excluding hydrogens is 262 g/mol. The summed E-state index contributed by atoms with van der Waals surface area (Å²) in [5.74, 6) is 1.38. The molecule has 1 rings (SSSR count). The summed E-state index contributed by atoms with van der Waals surface area (Å²) in [4.78, 5) is 0. The van der Waals surface area contributed by atoms with Gasteiger partial charge in [-0.05, 0) is 44.0 Å². The second-order valence-electron chi connectivity index (χ2n) is 4.86. The van der Waals surface area contributed by atoms with Crippen LogP contribution in [0.25, 0.3) is 0 Å². The van der Waals surface area contributed by atoms with Gasteiger partial charge in [-0.2, -0.15) is 0 Å².